The molecule has 39 heavy (non-hydrogen) atoms. The molecule has 0 saturated carbocycles. The van der Waals surface area contributed by atoms with E-state index in [4.69, 9.17) is 16.6 Å². The van der Waals surface area contributed by atoms with Crippen LogP contribution in [0.3, 0.4) is 0 Å². The van der Waals surface area contributed by atoms with Gasteiger partial charge in [0.2, 0.25) is 5.29 Å². The van der Waals surface area contributed by atoms with E-state index in [2.05, 4.69) is 114 Å². The molecule has 2 saturated heterocycles. The average Bonchev–Trinajstić information content (AvgIpc) is 2.82. The molecular weight excluding hydrogens is 506 g/mol. The Kier molecular flexibility index (Phi) is 10.3. The molecule has 2 fully saturated rings. The molecule has 0 aromatic heterocycles. The first-order chi connectivity index (χ1) is 18.0. The summed E-state index contributed by atoms with van der Waals surface area (Å²) < 4.78 is 0. The van der Waals surface area contributed by atoms with Crippen LogP contribution in [0.4, 0.5) is 0 Å². The topological polar surface area (TPSA) is 58.5 Å². The van der Waals surface area contributed by atoms with Crippen LogP contribution >= 0.6 is 11.6 Å². The number of rotatable bonds is 10. The molecule has 5 unspecified atom stereocenters. The first-order valence-electron chi connectivity index (χ1n) is 15.5. The minimum absolute atomic E-state index is 0.0730. The van der Waals surface area contributed by atoms with Crippen LogP contribution in [0.2, 0.25) is 0 Å². The van der Waals surface area contributed by atoms with Crippen LogP contribution < -0.4 is 10.6 Å². The lowest BCUT2D eigenvalue weighted by molar-refractivity contribution is -0.112. The van der Waals surface area contributed by atoms with Gasteiger partial charge in [-0.05, 0) is 120 Å². The highest BCUT2D eigenvalue weighted by atomic mass is 35.5. The molecule has 2 N–H and O–H groups in total. The van der Waals surface area contributed by atoms with Crippen molar-refractivity contribution in [1.29, 1.82) is 0 Å². The molecule has 0 bridgehead atoms. The van der Waals surface area contributed by atoms with Crippen molar-refractivity contribution in [3.63, 3.8) is 0 Å². The molecule has 3 rings (SSSR count). The number of hydrogen-bond donors (Lipinski definition) is 2. The second-order valence-corrected chi connectivity index (χ2v) is 15.1. The second-order valence-electron chi connectivity index (χ2n) is 14.8. The summed E-state index contributed by atoms with van der Waals surface area (Å²) in [6.45, 7) is 25.7. The molecule has 0 spiro atoms. The SMILES string of the molecule is CCCCNC1CC(C)(C)N(C)C(C)(C)C1C1N=C(Cl)N=CN1C1C(NCCCC)CC(C)(C)N(C)C1(C)C. The average molecular weight is 566 g/mol. The van der Waals surface area contributed by atoms with Crippen molar-refractivity contribution in [2.24, 2.45) is 15.9 Å². The van der Waals surface area contributed by atoms with E-state index < -0.39 is 0 Å². The van der Waals surface area contributed by atoms with Crippen molar-refractivity contribution in [2.75, 3.05) is 27.2 Å². The fraction of sp³-hybridized carbons (Fsp3) is 0.935. The van der Waals surface area contributed by atoms with Crippen molar-refractivity contribution in [1.82, 2.24) is 25.3 Å². The summed E-state index contributed by atoms with van der Waals surface area (Å²) in [6, 6.07) is 0.811. The van der Waals surface area contributed by atoms with Gasteiger partial charge in [0.15, 0.2) is 0 Å². The Morgan fingerprint density at radius 2 is 1.31 bits per heavy atom. The molecule has 226 valence electrons. The third kappa shape index (κ3) is 6.53. The van der Waals surface area contributed by atoms with Crippen molar-refractivity contribution in [2.45, 2.75) is 154 Å². The lowest BCUT2D eigenvalue weighted by atomic mass is 9.67. The predicted molar refractivity (Wildman–Crippen MR) is 169 cm³/mol. The van der Waals surface area contributed by atoms with Crippen molar-refractivity contribution >= 4 is 23.2 Å². The van der Waals surface area contributed by atoms with Crippen LogP contribution in [-0.2, 0) is 0 Å². The van der Waals surface area contributed by atoms with Gasteiger partial charge in [0.25, 0.3) is 0 Å². The normalized spacial score (nSPS) is 34.2. The van der Waals surface area contributed by atoms with Crippen LogP contribution in [0.15, 0.2) is 9.98 Å². The predicted octanol–water partition coefficient (Wildman–Crippen LogP) is 5.54. The van der Waals surface area contributed by atoms with E-state index >= 15 is 0 Å². The Morgan fingerprint density at radius 1 is 0.821 bits per heavy atom. The van der Waals surface area contributed by atoms with Gasteiger partial charge in [-0.2, -0.15) is 0 Å². The number of likely N-dealkylation sites (tertiary alicyclic amines) is 2. The molecule has 7 nitrogen and oxygen atoms in total. The van der Waals surface area contributed by atoms with E-state index in [1.807, 2.05) is 6.34 Å². The van der Waals surface area contributed by atoms with Gasteiger partial charge in [-0.25, -0.2) is 9.98 Å². The molecule has 3 aliphatic heterocycles. The molecule has 8 heteroatoms. The van der Waals surface area contributed by atoms with Crippen molar-refractivity contribution < 1.29 is 0 Å². The Balaban J connectivity index is 2.10. The van der Waals surface area contributed by atoms with E-state index in [0.717, 1.165) is 25.9 Å². The number of halogens is 1. The highest BCUT2D eigenvalue weighted by Crippen LogP contribution is 2.47. The maximum absolute atomic E-state index is 6.64. The minimum Gasteiger partial charge on any atom is -0.334 e. The van der Waals surface area contributed by atoms with E-state index in [9.17, 15) is 0 Å². The van der Waals surface area contributed by atoms with Crippen LogP contribution in [0.5, 0.6) is 0 Å². The van der Waals surface area contributed by atoms with E-state index in [0.29, 0.717) is 17.4 Å². The van der Waals surface area contributed by atoms with E-state index in [1.165, 1.54) is 25.7 Å². The monoisotopic (exact) mass is 565 g/mol. The smallest absolute Gasteiger partial charge is 0.221 e. The number of unbranched alkanes of at least 4 members (excludes halogenated alkanes) is 2. The summed E-state index contributed by atoms with van der Waals surface area (Å²) in [5.41, 5.74) is -0.0880. The molecule has 0 aromatic rings. The van der Waals surface area contributed by atoms with Gasteiger partial charge in [0, 0.05) is 40.2 Å². The van der Waals surface area contributed by atoms with Crippen LogP contribution in [-0.4, -0.2) is 100.0 Å². The molecule has 0 aromatic carbocycles. The summed E-state index contributed by atoms with van der Waals surface area (Å²) in [5.74, 6) is 0.222. The molecule has 3 aliphatic rings. The molecule has 0 amide bonds. The number of hydrogen-bond acceptors (Lipinski definition) is 7. The number of aliphatic imine (C=N–C) groups is 2. The third-order valence-corrected chi connectivity index (χ3v) is 10.9. The molecule has 0 aliphatic carbocycles. The first-order valence-corrected chi connectivity index (χ1v) is 15.9. The molecule has 3 heterocycles. The quantitative estimate of drug-likeness (QED) is 0.269. The Bertz CT molecular complexity index is 880. The van der Waals surface area contributed by atoms with Crippen molar-refractivity contribution in [3.05, 3.63) is 0 Å². The maximum Gasteiger partial charge on any atom is 0.221 e. The van der Waals surface area contributed by atoms with Crippen molar-refractivity contribution in [3.8, 4) is 0 Å². The zero-order chi connectivity index (χ0) is 29.4. The lowest BCUT2D eigenvalue weighted by Crippen LogP contribution is -2.77. The van der Waals surface area contributed by atoms with Gasteiger partial charge in [0.1, 0.15) is 6.17 Å². The third-order valence-electron chi connectivity index (χ3n) is 10.7. The number of piperidine rings is 2. The zero-order valence-electron chi connectivity index (χ0n) is 27.2. The largest absolute Gasteiger partial charge is 0.334 e. The van der Waals surface area contributed by atoms with Crippen LogP contribution in [0, 0.1) is 5.92 Å². The number of nitrogens with one attached hydrogen (secondary N) is 2. The zero-order valence-corrected chi connectivity index (χ0v) is 28.0. The van der Waals surface area contributed by atoms with Gasteiger partial charge < -0.3 is 15.5 Å². The van der Waals surface area contributed by atoms with E-state index in [-0.39, 0.29) is 40.3 Å². The van der Waals surface area contributed by atoms with Gasteiger partial charge in [0.05, 0.1) is 12.4 Å². The summed E-state index contributed by atoms with van der Waals surface area (Å²) in [6.07, 6.45) is 8.77. The minimum atomic E-state index is -0.121. The highest BCUT2D eigenvalue weighted by Gasteiger charge is 2.58. The summed E-state index contributed by atoms with van der Waals surface area (Å²) >= 11 is 6.64. The standard InChI is InChI=1S/C31H60ClN7/c1-13-15-17-33-22-19-28(3,4)37(11)30(7,8)24(22)26-36-27(32)35-21-39(26)25-23(34-18-16-14-2)20-29(5,6)38(12)31(25,9)10/h21-26,33-34H,13-20H2,1-12H3. The molecule has 5 atom stereocenters. The number of likely N-dealkylation sites (N-methyl/N-ethyl adjacent to an activating group) is 1. The lowest BCUT2D eigenvalue weighted by Gasteiger charge is -2.64. The van der Waals surface area contributed by atoms with Gasteiger partial charge in [-0.1, -0.05) is 26.7 Å². The Morgan fingerprint density at radius 3 is 1.85 bits per heavy atom. The number of amidine groups is 1. The number of nitrogens with zero attached hydrogens (tertiary/aromatic N) is 5. The summed E-state index contributed by atoms with van der Waals surface area (Å²) in [4.78, 5) is 17.4. The fourth-order valence-electron chi connectivity index (χ4n) is 7.91. The highest BCUT2D eigenvalue weighted by molar-refractivity contribution is 6.65. The Hall–Kier alpha value is -0.730. The van der Waals surface area contributed by atoms with E-state index in [1.54, 1.807) is 0 Å². The first kappa shape index (κ1) is 32.8. The van der Waals surface area contributed by atoms with Gasteiger partial charge in [-0.15, -0.1) is 0 Å². The maximum atomic E-state index is 6.64. The van der Waals surface area contributed by atoms with Gasteiger partial charge in [-0.3, -0.25) is 9.80 Å². The fourth-order valence-corrected chi connectivity index (χ4v) is 8.05. The Labute approximate surface area is 245 Å². The summed E-state index contributed by atoms with van der Waals surface area (Å²) in [5, 5.41) is 8.36. The van der Waals surface area contributed by atoms with Gasteiger partial charge >= 0.3 is 0 Å². The van der Waals surface area contributed by atoms with Crippen LogP contribution in [0.1, 0.15) is 108 Å². The summed E-state index contributed by atoms with van der Waals surface area (Å²) in [7, 11) is 4.58. The molecular formula is C31H60ClN7. The second kappa shape index (κ2) is 12.2. The van der Waals surface area contributed by atoms with Crippen LogP contribution in [0.25, 0.3) is 0 Å². The molecule has 0 radical (unpaired) electrons.